The third-order valence-electron chi connectivity index (χ3n) is 9.83. The van der Waals surface area contributed by atoms with Crippen LogP contribution in [0.15, 0.2) is 217 Å². The number of anilines is 4. The van der Waals surface area contributed by atoms with Crippen LogP contribution in [0.2, 0.25) is 0 Å². The summed E-state index contributed by atoms with van der Waals surface area (Å²) in [6.45, 7) is 37.1. The van der Waals surface area contributed by atoms with Crippen LogP contribution in [0.1, 0.15) is 22.3 Å². The molecule has 2 N–H and O–H groups in total. The van der Waals surface area contributed by atoms with Gasteiger partial charge in [-0.3, -0.25) is 0 Å². The first-order valence-electron chi connectivity index (χ1n) is 20.3. The lowest BCUT2D eigenvalue weighted by Gasteiger charge is -2.29. The zero-order chi connectivity index (χ0) is 46.3. The van der Waals surface area contributed by atoms with E-state index in [4.69, 9.17) is 18.6 Å². The molecular formula is C53H61ClN4O5. The molecule has 0 unspecified atom stereocenters. The van der Waals surface area contributed by atoms with Crippen LogP contribution in [0, 0.1) is 10.2 Å². The summed E-state index contributed by atoms with van der Waals surface area (Å²) >= 11 is 0. The highest BCUT2D eigenvalue weighted by Gasteiger charge is 2.29. The average Bonchev–Trinajstić information content (AvgIpc) is 3.27. The lowest BCUT2D eigenvalue weighted by molar-refractivity contribution is -1.92. The largest absolute Gasteiger partial charge is 0.377 e. The lowest BCUT2D eigenvalue weighted by atomic mass is 9.85. The number of hydrogen-bond acceptors (Lipinski definition) is 9. The Labute approximate surface area is 377 Å². The van der Waals surface area contributed by atoms with Gasteiger partial charge in [0.25, 0.3) is 0 Å². The summed E-state index contributed by atoms with van der Waals surface area (Å²) in [6.07, 6.45) is 21.0. The number of benzene rings is 4. The topological polar surface area (TPSA) is 123 Å². The van der Waals surface area contributed by atoms with E-state index < -0.39 is 15.8 Å². The van der Waals surface area contributed by atoms with Crippen LogP contribution in [0.5, 0.6) is 0 Å². The van der Waals surface area contributed by atoms with Gasteiger partial charge in [0.2, 0.25) is 0 Å². The molecule has 0 amide bonds. The van der Waals surface area contributed by atoms with E-state index >= 15 is 0 Å². The minimum atomic E-state index is -4.69. The molecular weight excluding hydrogens is 808 g/mol. The van der Waals surface area contributed by atoms with Crippen molar-refractivity contribution in [2.75, 3.05) is 72.0 Å². The summed E-state index contributed by atoms with van der Waals surface area (Å²) in [4.78, 5) is 8.78. The van der Waals surface area contributed by atoms with E-state index in [1.807, 2.05) is 109 Å². The summed E-state index contributed by atoms with van der Waals surface area (Å²) in [7, 11) is -4.69. The van der Waals surface area contributed by atoms with E-state index in [1.54, 1.807) is 0 Å². The molecule has 4 aromatic rings. The Morgan fingerprint density at radius 3 is 0.889 bits per heavy atom. The number of hydrogen-bond donors (Lipinski definition) is 2. The highest BCUT2D eigenvalue weighted by atomic mass is 35.7. The highest BCUT2D eigenvalue weighted by Crippen LogP contribution is 2.35. The molecule has 0 saturated carbocycles. The van der Waals surface area contributed by atoms with Crippen molar-refractivity contribution in [1.29, 1.82) is 0 Å². The molecule has 0 spiro atoms. The normalized spacial score (nSPS) is 10.9. The lowest BCUT2D eigenvalue weighted by Crippen LogP contribution is -2.58. The van der Waals surface area contributed by atoms with Crippen molar-refractivity contribution in [3.8, 4) is 0 Å². The molecule has 0 saturated heterocycles. The quantitative estimate of drug-likeness (QED) is 0.0499. The zero-order valence-electron chi connectivity index (χ0n) is 36.2. The van der Waals surface area contributed by atoms with Crippen LogP contribution in [-0.4, -0.2) is 62.1 Å². The summed E-state index contributed by atoms with van der Waals surface area (Å²) < 4.78 is 32.7. The molecule has 330 valence electrons. The molecule has 0 fully saturated rings. The predicted octanol–water partition coefficient (Wildman–Crippen LogP) is 7.20. The molecule has 0 radical (unpaired) electrons. The maximum absolute atomic E-state index is 12.8. The molecule has 0 aliphatic heterocycles. The highest BCUT2D eigenvalue weighted by molar-refractivity contribution is 5.82. The Morgan fingerprint density at radius 1 is 0.444 bits per heavy atom. The summed E-state index contributed by atoms with van der Waals surface area (Å²) in [5.74, 6) is 0. The van der Waals surface area contributed by atoms with Crippen molar-refractivity contribution in [2.45, 2.75) is 5.60 Å². The van der Waals surface area contributed by atoms with Gasteiger partial charge in [0, 0.05) is 75.1 Å². The van der Waals surface area contributed by atoms with Crippen molar-refractivity contribution in [3.05, 3.63) is 239 Å². The van der Waals surface area contributed by atoms with E-state index in [0.717, 1.165) is 50.6 Å². The van der Waals surface area contributed by atoms with E-state index in [0.29, 0.717) is 52.4 Å². The third kappa shape index (κ3) is 15.8. The number of rotatable bonds is 26. The fourth-order valence-electron chi connectivity index (χ4n) is 6.95. The van der Waals surface area contributed by atoms with Gasteiger partial charge < -0.3 is 24.7 Å². The fraction of sp³-hybridized carbons (Fsp3) is 0.170. The van der Waals surface area contributed by atoms with Crippen LogP contribution in [-0.2, 0) is 5.60 Å². The molecule has 0 bridgehead atoms. The van der Waals surface area contributed by atoms with Gasteiger partial charge in [0.1, 0.15) is 5.60 Å². The first kappa shape index (κ1) is 50.9. The van der Waals surface area contributed by atoms with Crippen molar-refractivity contribution in [2.24, 2.45) is 0 Å². The molecule has 63 heavy (non-hydrogen) atoms. The Balaban J connectivity index is 0.00000199. The smallest absolute Gasteiger partial charge is 0.133 e. The molecule has 0 atom stereocenters. The van der Waals surface area contributed by atoms with Crippen molar-refractivity contribution in [3.63, 3.8) is 0 Å². The zero-order valence-corrected chi connectivity index (χ0v) is 36.9. The Morgan fingerprint density at radius 2 is 0.667 bits per heavy atom. The second kappa shape index (κ2) is 26.1. The predicted molar refractivity (Wildman–Crippen MR) is 258 cm³/mol. The van der Waals surface area contributed by atoms with Crippen LogP contribution < -0.4 is 33.6 Å². The van der Waals surface area contributed by atoms with E-state index in [1.165, 1.54) is 0 Å². The first-order chi connectivity index (χ1) is 30.3. The van der Waals surface area contributed by atoms with Gasteiger partial charge in [-0.25, -0.2) is 0 Å². The molecule has 4 rings (SSSR count). The van der Waals surface area contributed by atoms with Crippen LogP contribution in [0.25, 0.3) is 5.57 Å². The summed E-state index contributed by atoms with van der Waals surface area (Å²) in [6, 6.07) is 33.2. The Kier molecular flexibility index (Phi) is 21.1. The minimum absolute atomic E-state index is 0.680. The standard InChI is InChI=1S/C53H60N4O.ClHO4/c1-9-36-54(37-10-2)48-27-19-44(20-28-48)52(45-21-29-49(30-22-45)55(38-11-3)39-12-4)18-17-35-53(58,46-23-31-50(32-24-46)56(40-13-5)41-14-6)47-25-33-51(34-26-47)57(42-15-7)43-16-8;2-1(3,4)5/h9-35,58H,1-8,36-43H2;(H,2,3,4,5). The fourth-order valence-corrected chi connectivity index (χ4v) is 6.95. The maximum atomic E-state index is 12.8. The van der Waals surface area contributed by atoms with Crippen LogP contribution >= 0.6 is 0 Å². The monoisotopic (exact) mass is 868 g/mol. The van der Waals surface area contributed by atoms with Gasteiger partial charge in [-0.2, -0.15) is 14.0 Å². The number of nitrogens with zero attached hydrogens (tertiary/aromatic N) is 4. The van der Waals surface area contributed by atoms with Crippen molar-refractivity contribution in [1.82, 2.24) is 0 Å². The van der Waals surface area contributed by atoms with Crippen LogP contribution in [0.4, 0.5) is 22.7 Å². The van der Waals surface area contributed by atoms with Gasteiger partial charge in [-0.1, -0.05) is 109 Å². The van der Waals surface area contributed by atoms with Crippen molar-refractivity contribution >= 4 is 28.3 Å². The minimum Gasteiger partial charge on any atom is -0.377 e. The molecule has 0 aliphatic carbocycles. The molecule has 4 aromatic carbocycles. The average molecular weight is 870 g/mol. The van der Waals surface area contributed by atoms with Gasteiger partial charge in [0.05, 0.1) is 14.9 Å². The first-order valence-corrected chi connectivity index (χ1v) is 21.6. The molecule has 0 aliphatic rings. The van der Waals surface area contributed by atoms with Gasteiger partial charge in [-0.05, 0) is 82.4 Å². The maximum Gasteiger partial charge on any atom is 0.133 e. The third-order valence-corrected chi connectivity index (χ3v) is 9.83. The molecule has 9 nitrogen and oxygen atoms in total. The molecule has 10 heteroatoms. The number of aliphatic hydroxyl groups is 1. The molecule has 0 aromatic heterocycles. The van der Waals surface area contributed by atoms with Gasteiger partial charge >= 0.3 is 0 Å². The van der Waals surface area contributed by atoms with E-state index in [9.17, 15) is 5.11 Å². The van der Waals surface area contributed by atoms with Gasteiger partial charge in [0.15, 0.2) is 0 Å². The summed E-state index contributed by atoms with van der Waals surface area (Å²) in [5, 5.41) is 12.8. The second-order valence-corrected chi connectivity index (χ2v) is 15.0. The van der Waals surface area contributed by atoms with Gasteiger partial charge in [-0.15, -0.1) is 52.6 Å². The number of allylic oxidation sites excluding steroid dienone is 2. The Hall–Kier alpha value is -6.43. The molecule has 0 heterocycles. The second-order valence-electron chi connectivity index (χ2n) is 14.2. The van der Waals surface area contributed by atoms with Crippen molar-refractivity contribution < 1.29 is 34.0 Å². The summed E-state index contributed by atoms with van der Waals surface area (Å²) in [5.41, 5.74) is 7.31. The SMILES string of the molecule is C=CCN(CC=C)c1ccc(C(=CC=CC(O)(c2ccc(N(CC=C)CC=C)cc2)c2ccc(N(CC=C)CC=C)cc2)c2ccc(N(CC=C)CC=C)cc2)cc1.[O-][Cl+3]([O-])([O-])O. The van der Waals surface area contributed by atoms with E-state index in [2.05, 4.69) is 127 Å². The Bertz CT molecular complexity index is 1970. The van der Waals surface area contributed by atoms with E-state index in [-0.39, 0.29) is 0 Å². The van der Waals surface area contributed by atoms with Crippen LogP contribution in [0.3, 0.4) is 0 Å². The number of halogens is 1.